The van der Waals surface area contributed by atoms with Crippen LogP contribution in [0.3, 0.4) is 0 Å². The van der Waals surface area contributed by atoms with Crippen LogP contribution in [0.15, 0.2) is 36.4 Å². The van der Waals surface area contributed by atoms with Crippen molar-refractivity contribution in [2.45, 2.75) is 6.54 Å². The zero-order valence-corrected chi connectivity index (χ0v) is 10.5. The molecule has 96 valence electrons. The molecular weight excluding hydrogens is 270 g/mol. The number of nitrogens with zero attached hydrogens (tertiary/aromatic N) is 1. The lowest BCUT2D eigenvalue weighted by Crippen LogP contribution is -2.02. The summed E-state index contributed by atoms with van der Waals surface area (Å²) < 4.78 is 26.2. The summed E-state index contributed by atoms with van der Waals surface area (Å²) in [5, 5.41) is 12.1. The first-order valence-electron chi connectivity index (χ1n) is 5.47. The van der Waals surface area contributed by atoms with Crippen LogP contribution in [0.5, 0.6) is 0 Å². The lowest BCUT2D eigenvalue weighted by Gasteiger charge is -2.08. The zero-order valence-electron chi connectivity index (χ0n) is 9.75. The smallest absolute Gasteiger partial charge is 0.126 e. The number of anilines is 1. The molecule has 1 N–H and O–H groups in total. The minimum Gasteiger partial charge on any atom is -0.381 e. The van der Waals surface area contributed by atoms with Crippen molar-refractivity contribution < 1.29 is 8.78 Å². The molecule has 2 rings (SSSR count). The second-order valence-electron chi connectivity index (χ2n) is 3.92. The van der Waals surface area contributed by atoms with Crippen LogP contribution in [0.4, 0.5) is 14.5 Å². The SMILES string of the molecule is N#Cc1ccc(F)cc1CNc1cc(F)cc(Cl)c1. The number of nitrogens with one attached hydrogen (secondary N) is 1. The number of nitriles is 1. The first-order chi connectivity index (χ1) is 9.08. The molecule has 0 saturated carbocycles. The number of rotatable bonds is 3. The maximum atomic E-state index is 13.1. The van der Waals surface area contributed by atoms with Crippen LogP contribution < -0.4 is 5.32 Å². The maximum Gasteiger partial charge on any atom is 0.126 e. The highest BCUT2D eigenvalue weighted by Crippen LogP contribution is 2.19. The van der Waals surface area contributed by atoms with E-state index in [0.717, 1.165) is 0 Å². The molecule has 0 radical (unpaired) electrons. The summed E-state index contributed by atoms with van der Waals surface area (Å²) in [4.78, 5) is 0. The summed E-state index contributed by atoms with van der Waals surface area (Å²) in [6.45, 7) is 0.209. The molecule has 19 heavy (non-hydrogen) atoms. The first-order valence-corrected chi connectivity index (χ1v) is 5.85. The van der Waals surface area contributed by atoms with E-state index in [1.165, 1.54) is 30.3 Å². The van der Waals surface area contributed by atoms with Crippen LogP contribution in [0.2, 0.25) is 5.02 Å². The van der Waals surface area contributed by atoms with Crippen molar-refractivity contribution in [3.63, 3.8) is 0 Å². The number of hydrogen-bond donors (Lipinski definition) is 1. The fourth-order valence-electron chi connectivity index (χ4n) is 1.67. The normalized spacial score (nSPS) is 10.0. The molecule has 0 spiro atoms. The van der Waals surface area contributed by atoms with Gasteiger partial charge in [-0.1, -0.05) is 11.6 Å². The molecule has 0 aromatic heterocycles. The Kier molecular flexibility index (Phi) is 3.98. The van der Waals surface area contributed by atoms with Crippen LogP contribution in [-0.4, -0.2) is 0 Å². The van der Waals surface area contributed by atoms with E-state index >= 15 is 0 Å². The number of halogens is 3. The van der Waals surface area contributed by atoms with Gasteiger partial charge in [0.25, 0.3) is 0 Å². The molecule has 2 aromatic rings. The van der Waals surface area contributed by atoms with Gasteiger partial charge >= 0.3 is 0 Å². The molecule has 0 aliphatic rings. The summed E-state index contributed by atoms with van der Waals surface area (Å²) in [5.74, 6) is -0.886. The van der Waals surface area contributed by atoms with Gasteiger partial charge in [-0.25, -0.2) is 8.78 Å². The van der Waals surface area contributed by atoms with Gasteiger partial charge in [0.1, 0.15) is 11.6 Å². The zero-order chi connectivity index (χ0) is 13.8. The van der Waals surface area contributed by atoms with Gasteiger partial charge in [0.2, 0.25) is 0 Å². The minimum atomic E-state index is -0.463. The molecule has 0 heterocycles. The standard InChI is InChI=1S/C14H9ClF2N2/c15-11-4-13(17)6-14(5-11)19-8-10-3-12(16)2-1-9(10)7-18/h1-6,19H,8H2. The lowest BCUT2D eigenvalue weighted by molar-refractivity contribution is 0.625. The molecule has 0 saturated heterocycles. The van der Waals surface area contributed by atoms with E-state index in [2.05, 4.69) is 5.32 Å². The molecular formula is C14H9ClF2N2. The Morgan fingerprint density at radius 3 is 2.58 bits per heavy atom. The second-order valence-corrected chi connectivity index (χ2v) is 4.36. The minimum absolute atomic E-state index is 0.209. The van der Waals surface area contributed by atoms with Crippen molar-refractivity contribution in [3.8, 4) is 6.07 Å². The predicted molar refractivity (Wildman–Crippen MR) is 69.9 cm³/mol. The van der Waals surface area contributed by atoms with Gasteiger partial charge in [0.15, 0.2) is 0 Å². The summed E-state index contributed by atoms with van der Waals surface area (Å²) in [6, 6.07) is 9.89. The second kappa shape index (κ2) is 5.68. The van der Waals surface area contributed by atoms with Gasteiger partial charge in [-0.05, 0) is 42.0 Å². The predicted octanol–water partition coefficient (Wildman–Crippen LogP) is 4.10. The maximum absolute atomic E-state index is 13.1. The Morgan fingerprint density at radius 1 is 1.11 bits per heavy atom. The molecule has 0 amide bonds. The van der Waals surface area contributed by atoms with Gasteiger partial charge in [-0.15, -0.1) is 0 Å². The van der Waals surface area contributed by atoms with Gasteiger partial charge in [0, 0.05) is 17.3 Å². The van der Waals surface area contributed by atoms with E-state index in [1.807, 2.05) is 6.07 Å². The Labute approximate surface area is 114 Å². The Morgan fingerprint density at radius 2 is 1.89 bits per heavy atom. The third-order valence-electron chi connectivity index (χ3n) is 2.53. The van der Waals surface area contributed by atoms with Gasteiger partial charge in [0.05, 0.1) is 11.6 Å². The van der Waals surface area contributed by atoms with E-state index in [9.17, 15) is 8.78 Å². The number of hydrogen-bond acceptors (Lipinski definition) is 2. The van der Waals surface area contributed by atoms with Crippen LogP contribution in [0.25, 0.3) is 0 Å². The van der Waals surface area contributed by atoms with Crippen molar-refractivity contribution in [1.82, 2.24) is 0 Å². The lowest BCUT2D eigenvalue weighted by atomic mass is 10.1. The Bertz CT molecular complexity index is 630. The van der Waals surface area contributed by atoms with Crippen LogP contribution in [0.1, 0.15) is 11.1 Å². The highest BCUT2D eigenvalue weighted by atomic mass is 35.5. The van der Waals surface area contributed by atoms with Crippen LogP contribution in [-0.2, 0) is 6.54 Å². The van der Waals surface area contributed by atoms with Crippen molar-refractivity contribution in [1.29, 1.82) is 5.26 Å². The van der Waals surface area contributed by atoms with Crippen molar-refractivity contribution in [3.05, 3.63) is 64.2 Å². The molecule has 0 unspecified atom stereocenters. The van der Waals surface area contributed by atoms with Crippen LogP contribution in [0, 0.1) is 23.0 Å². The van der Waals surface area contributed by atoms with Gasteiger partial charge in [-0.2, -0.15) is 5.26 Å². The summed E-state index contributed by atoms with van der Waals surface area (Å²) in [6.07, 6.45) is 0. The van der Waals surface area contributed by atoms with Crippen molar-refractivity contribution in [2.24, 2.45) is 0 Å². The molecule has 0 fully saturated rings. The molecule has 0 bridgehead atoms. The molecule has 5 heteroatoms. The molecule has 0 atom stereocenters. The highest BCUT2D eigenvalue weighted by Gasteiger charge is 2.05. The average Bonchev–Trinajstić information content (AvgIpc) is 2.35. The van der Waals surface area contributed by atoms with E-state index in [0.29, 0.717) is 16.8 Å². The Hall–Kier alpha value is -2.12. The highest BCUT2D eigenvalue weighted by molar-refractivity contribution is 6.30. The van der Waals surface area contributed by atoms with E-state index in [4.69, 9.17) is 16.9 Å². The van der Waals surface area contributed by atoms with E-state index < -0.39 is 11.6 Å². The third-order valence-corrected chi connectivity index (χ3v) is 2.75. The first kappa shape index (κ1) is 13.3. The molecule has 0 aliphatic carbocycles. The third kappa shape index (κ3) is 3.43. The van der Waals surface area contributed by atoms with E-state index in [1.54, 1.807) is 6.07 Å². The van der Waals surface area contributed by atoms with E-state index in [-0.39, 0.29) is 11.6 Å². The molecule has 2 nitrogen and oxygen atoms in total. The summed E-state index contributed by atoms with van der Waals surface area (Å²) >= 11 is 5.72. The molecule has 2 aromatic carbocycles. The summed E-state index contributed by atoms with van der Waals surface area (Å²) in [5.41, 5.74) is 1.34. The summed E-state index contributed by atoms with van der Waals surface area (Å²) in [7, 11) is 0. The fourth-order valence-corrected chi connectivity index (χ4v) is 1.89. The molecule has 0 aliphatic heterocycles. The van der Waals surface area contributed by atoms with Crippen molar-refractivity contribution >= 4 is 17.3 Å². The van der Waals surface area contributed by atoms with Crippen molar-refractivity contribution in [2.75, 3.05) is 5.32 Å². The topological polar surface area (TPSA) is 35.8 Å². The monoisotopic (exact) mass is 278 g/mol. The fraction of sp³-hybridized carbons (Fsp3) is 0.0714. The largest absolute Gasteiger partial charge is 0.381 e. The number of benzene rings is 2. The van der Waals surface area contributed by atoms with Crippen LogP contribution >= 0.6 is 11.6 Å². The average molecular weight is 279 g/mol. The van der Waals surface area contributed by atoms with Gasteiger partial charge < -0.3 is 5.32 Å². The van der Waals surface area contributed by atoms with Gasteiger partial charge in [-0.3, -0.25) is 0 Å². The Balaban J connectivity index is 2.19. The quantitative estimate of drug-likeness (QED) is 0.917.